The zero-order valence-electron chi connectivity index (χ0n) is 14.8. The second-order valence-corrected chi connectivity index (χ2v) is 9.02. The summed E-state index contributed by atoms with van der Waals surface area (Å²) in [6, 6.07) is 10.2. The number of imidazole rings is 1. The van der Waals surface area contributed by atoms with Gasteiger partial charge >= 0.3 is 0 Å². The monoisotopic (exact) mass is 404 g/mol. The van der Waals surface area contributed by atoms with E-state index in [0.717, 1.165) is 24.0 Å². The van der Waals surface area contributed by atoms with Crippen LogP contribution < -0.4 is 4.72 Å². The molecule has 0 aliphatic heterocycles. The molecule has 0 atom stereocenters. The average Bonchev–Trinajstić information content (AvgIpc) is 3.06. The van der Waals surface area contributed by atoms with E-state index in [1.54, 1.807) is 18.3 Å². The van der Waals surface area contributed by atoms with Crippen LogP contribution in [-0.2, 0) is 16.6 Å². The van der Waals surface area contributed by atoms with Crippen LogP contribution in [0.1, 0.15) is 44.0 Å². The van der Waals surface area contributed by atoms with Gasteiger partial charge in [-0.25, -0.2) is 23.1 Å². The van der Waals surface area contributed by atoms with Crippen molar-refractivity contribution in [3.05, 3.63) is 53.4 Å². The Labute approximate surface area is 163 Å². The number of nitrogens with zero attached hydrogens (tertiary/aromatic N) is 3. The summed E-state index contributed by atoms with van der Waals surface area (Å²) in [5.74, 6) is 0.702. The minimum Gasteiger partial charge on any atom is -0.308 e. The van der Waals surface area contributed by atoms with Gasteiger partial charge in [0.25, 0.3) is 0 Å². The number of hydrogen-bond donors (Lipinski definition) is 1. The van der Waals surface area contributed by atoms with Gasteiger partial charge in [-0.3, -0.25) is 0 Å². The Balaban J connectivity index is 1.64. The highest BCUT2D eigenvalue weighted by molar-refractivity contribution is 7.89. The molecule has 0 unspecified atom stereocenters. The molecule has 1 aromatic carbocycles. The van der Waals surface area contributed by atoms with E-state index in [-0.39, 0.29) is 11.4 Å². The first-order valence-corrected chi connectivity index (χ1v) is 11.0. The van der Waals surface area contributed by atoms with Gasteiger partial charge in [-0.15, -0.1) is 0 Å². The van der Waals surface area contributed by atoms with Gasteiger partial charge < -0.3 is 4.57 Å². The lowest BCUT2D eigenvalue weighted by atomic mass is 9.95. The molecule has 1 saturated carbocycles. The first kappa shape index (κ1) is 18.4. The Morgan fingerprint density at radius 2 is 1.85 bits per heavy atom. The Morgan fingerprint density at radius 3 is 2.59 bits per heavy atom. The fraction of sp³-hybridized carbons (Fsp3) is 0.368. The van der Waals surface area contributed by atoms with E-state index in [9.17, 15) is 8.42 Å². The molecule has 3 aromatic rings. The third-order valence-corrected chi connectivity index (χ3v) is 6.68. The molecule has 1 aliphatic carbocycles. The molecule has 8 heteroatoms. The maximum absolute atomic E-state index is 12.6. The predicted octanol–water partition coefficient (Wildman–Crippen LogP) is 4.07. The van der Waals surface area contributed by atoms with Crippen LogP contribution in [0, 0.1) is 0 Å². The van der Waals surface area contributed by atoms with Crippen molar-refractivity contribution in [2.75, 3.05) is 0 Å². The smallest absolute Gasteiger partial charge is 0.240 e. The van der Waals surface area contributed by atoms with Crippen molar-refractivity contribution in [2.45, 2.75) is 49.6 Å². The highest BCUT2D eigenvalue weighted by Gasteiger charge is 2.23. The maximum atomic E-state index is 12.6. The van der Waals surface area contributed by atoms with E-state index < -0.39 is 10.0 Å². The lowest BCUT2D eigenvalue weighted by Crippen LogP contribution is -2.26. The molecule has 1 fully saturated rings. The fourth-order valence-electron chi connectivity index (χ4n) is 3.68. The van der Waals surface area contributed by atoms with Gasteiger partial charge in [-0.1, -0.05) is 30.9 Å². The average molecular weight is 405 g/mol. The van der Waals surface area contributed by atoms with Crippen LogP contribution in [0.25, 0.3) is 11.2 Å². The Kier molecular flexibility index (Phi) is 5.16. The lowest BCUT2D eigenvalue weighted by Gasteiger charge is -2.25. The van der Waals surface area contributed by atoms with E-state index in [1.807, 2.05) is 12.1 Å². The third-order valence-electron chi connectivity index (χ3n) is 5.01. The summed E-state index contributed by atoms with van der Waals surface area (Å²) in [4.78, 5) is 9.33. The van der Waals surface area contributed by atoms with Gasteiger partial charge in [0, 0.05) is 17.3 Å². The highest BCUT2D eigenvalue weighted by atomic mass is 35.5. The van der Waals surface area contributed by atoms with E-state index in [4.69, 9.17) is 11.6 Å². The van der Waals surface area contributed by atoms with Crippen molar-refractivity contribution in [3.8, 4) is 0 Å². The largest absolute Gasteiger partial charge is 0.308 e. The summed E-state index contributed by atoms with van der Waals surface area (Å²) in [5.41, 5.74) is 1.62. The zero-order chi connectivity index (χ0) is 18.9. The van der Waals surface area contributed by atoms with E-state index in [2.05, 4.69) is 19.3 Å². The van der Waals surface area contributed by atoms with Crippen LogP contribution in [0.2, 0.25) is 5.02 Å². The summed E-state index contributed by atoms with van der Waals surface area (Å²) in [5, 5.41) is 0.499. The Bertz CT molecular complexity index is 1040. The normalized spacial score (nSPS) is 16.0. The Morgan fingerprint density at radius 1 is 1.11 bits per heavy atom. The molecule has 6 nitrogen and oxygen atoms in total. The molecule has 2 heterocycles. The van der Waals surface area contributed by atoms with Gasteiger partial charge in [-0.2, -0.15) is 0 Å². The number of fused-ring (bicyclic) bond motifs is 1. The summed E-state index contributed by atoms with van der Waals surface area (Å²) in [6.07, 6.45) is 7.48. The van der Waals surface area contributed by atoms with Crippen molar-refractivity contribution in [2.24, 2.45) is 0 Å². The van der Waals surface area contributed by atoms with Crippen LogP contribution in [0.15, 0.2) is 47.5 Å². The molecule has 142 valence electrons. The van der Waals surface area contributed by atoms with Crippen LogP contribution in [0.3, 0.4) is 0 Å². The molecule has 1 aliphatic rings. The number of aromatic nitrogens is 3. The minimum atomic E-state index is -3.64. The van der Waals surface area contributed by atoms with Crippen molar-refractivity contribution in [1.82, 2.24) is 19.3 Å². The van der Waals surface area contributed by atoms with Gasteiger partial charge in [0.1, 0.15) is 11.3 Å². The summed E-state index contributed by atoms with van der Waals surface area (Å²) >= 11 is 5.85. The number of benzene rings is 1. The molecule has 0 saturated heterocycles. The van der Waals surface area contributed by atoms with Crippen LogP contribution >= 0.6 is 11.6 Å². The first-order valence-electron chi connectivity index (χ1n) is 9.12. The first-order chi connectivity index (χ1) is 13.0. The highest BCUT2D eigenvalue weighted by Crippen LogP contribution is 2.32. The molecular formula is C19H21ClN4O2S. The molecule has 1 N–H and O–H groups in total. The number of sulfonamides is 1. The minimum absolute atomic E-state index is 0.123. The second-order valence-electron chi connectivity index (χ2n) is 6.81. The van der Waals surface area contributed by atoms with Crippen molar-refractivity contribution < 1.29 is 8.42 Å². The third kappa shape index (κ3) is 3.85. The number of pyridine rings is 1. The van der Waals surface area contributed by atoms with Crippen LogP contribution in [0.5, 0.6) is 0 Å². The van der Waals surface area contributed by atoms with E-state index in [0.29, 0.717) is 16.9 Å². The zero-order valence-corrected chi connectivity index (χ0v) is 16.4. The number of hydrogen-bond acceptors (Lipinski definition) is 4. The molecule has 0 radical (unpaired) electrons. The summed E-state index contributed by atoms with van der Waals surface area (Å²) in [6.45, 7) is 0.123. The number of nitrogens with one attached hydrogen (secondary N) is 1. The van der Waals surface area contributed by atoms with Crippen LogP contribution in [-0.4, -0.2) is 23.0 Å². The van der Waals surface area contributed by atoms with Gasteiger partial charge in [-0.05, 0) is 49.2 Å². The number of rotatable bonds is 5. The van der Waals surface area contributed by atoms with Crippen molar-refractivity contribution in [1.29, 1.82) is 0 Å². The summed E-state index contributed by atoms with van der Waals surface area (Å²) in [7, 11) is -3.64. The summed E-state index contributed by atoms with van der Waals surface area (Å²) < 4.78 is 30.0. The topological polar surface area (TPSA) is 76.9 Å². The number of halogens is 1. The molecule has 0 spiro atoms. The van der Waals surface area contributed by atoms with Gasteiger partial charge in [0.15, 0.2) is 5.65 Å². The van der Waals surface area contributed by atoms with Gasteiger partial charge in [0.2, 0.25) is 10.0 Å². The molecule has 27 heavy (non-hydrogen) atoms. The molecule has 0 bridgehead atoms. The van der Waals surface area contributed by atoms with Crippen molar-refractivity contribution >= 4 is 32.8 Å². The SMILES string of the molecule is O=S(=O)(NCc1nc2cccnc2n1C1CCCCC1)c1ccc(Cl)cc1. The van der Waals surface area contributed by atoms with Crippen LogP contribution in [0.4, 0.5) is 0 Å². The van der Waals surface area contributed by atoms with Crippen molar-refractivity contribution in [3.63, 3.8) is 0 Å². The molecule has 4 rings (SSSR count). The Hall–Kier alpha value is -1.96. The maximum Gasteiger partial charge on any atom is 0.240 e. The molecule has 2 aromatic heterocycles. The standard InChI is InChI=1S/C19H21ClN4O2S/c20-14-8-10-16(11-9-14)27(25,26)22-13-18-23-17-7-4-12-21-19(17)24(18)15-5-2-1-3-6-15/h4,7-12,15,22H,1-3,5-6,13H2. The molecule has 0 amide bonds. The lowest BCUT2D eigenvalue weighted by molar-refractivity contribution is 0.350. The second kappa shape index (κ2) is 7.58. The predicted molar refractivity (Wildman–Crippen MR) is 105 cm³/mol. The van der Waals surface area contributed by atoms with Gasteiger partial charge in [0.05, 0.1) is 11.4 Å². The van der Waals surface area contributed by atoms with E-state index >= 15 is 0 Å². The fourth-order valence-corrected chi connectivity index (χ4v) is 4.79. The quantitative estimate of drug-likeness (QED) is 0.695. The molecular weight excluding hydrogens is 384 g/mol. The van der Waals surface area contributed by atoms with E-state index in [1.165, 1.54) is 31.4 Å².